The molecule has 2 N–H and O–H groups in total. The topological polar surface area (TPSA) is 65.4 Å². The third-order valence-electron chi connectivity index (χ3n) is 8.38. The second-order valence-corrected chi connectivity index (χ2v) is 11.7. The second kappa shape index (κ2) is 15.2. The van der Waals surface area contributed by atoms with E-state index >= 15 is 0 Å². The number of nitrogens with zero attached hydrogens (tertiary/aromatic N) is 2. The number of hydrogen-bond donors (Lipinski definition) is 2. The van der Waals surface area contributed by atoms with Gasteiger partial charge in [-0.1, -0.05) is 49.9 Å². The first-order valence-corrected chi connectivity index (χ1v) is 14.2. The molecule has 220 valence electrons. The van der Waals surface area contributed by atoms with Crippen molar-refractivity contribution in [2.45, 2.75) is 62.6 Å². The van der Waals surface area contributed by atoms with E-state index in [-0.39, 0.29) is 12.4 Å². The van der Waals surface area contributed by atoms with Crippen LogP contribution in [-0.4, -0.2) is 75.5 Å². The number of ether oxygens (including phenoxy) is 2. The molecule has 0 amide bonds. The molecule has 0 heterocycles. The van der Waals surface area contributed by atoms with Crippen LogP contribution in [0.1, 0.15) is 62.5 Å². The van der Waals surface area contributed by atoms with E-state index in [1.54, 1.807) is 14.2 Å². The predicted octanol–water partition coefficient (Wildman–Crippen LogP) is 5.69. The van der Waals surface area contributed by atoms with Crippen LogP contribution in [-0.2, 0) is 11.2 Å². The highest BCUT2D eigenvalue weighted by atomic mass is 35.5. The van der Waals surface area contributed by atoms with E-state index in [1.165, 1.54) is 12.8 Å². The Balaban J connectivity index is 0.000000267. The van der Waals surface area contributed by atoms with Crippen LogP contribution >= 0.6 is 12.4 Å². The van der Waals surface area contributed by atoms with Crippen LogP contribution < -0.4 is 9.47 Å². The van der Waals surface area contributed by atoms with E-state index < -0.39 is 11.2 Å². The summed E-state index contributed by atoms with van der Waals surface area (Å²) >= 11 is 0. The van der Waals surface area contributed by atoms with Gasteiger partial charge in [-0.3, -0.25) is 0 Å². The first kappa shape index (κ1) is 33.4. The van der Waals surface area contributed by atoms with Crippen LogP contribution in [0.15, 0.2) is 48.5 Å². The van der Waals surface area contributed by atoms with E-state index in [0.29, 0.717) is 11.8 Å². The van der Waals surface area contributed by atoms with Gasteiger partial charge in [-0.2, -0.15) is 0 Å². The van der Waals surface area contributed by atoms with Gasteiger partial charge in [0.05, 0.1) is 25.4 Å². The summed E-state index contributed by atoms with van der Waals surface area (Å²) in [5, 5.41) is 22.4. The minimum absolute atomic E-state index is 0. The Morgan fingerprint density at radius 2 is 1.08 bits per heavy atom. The van der Waals surface area contributed by atoms with Crippen molar-refractivity contribution < 1.29 is 19.7 Å². The first-order chi connectivity index (χ1) is 18.1. The smallest absolute Gasteiger partial charge is 0.119 e. The molecular formula is C32H51ClN2O4. The molecule has 0 aromatic heterocycles. The molecule has 7 heteroatoms. The Morgan fingerprint density at radius 3 is 1.41 bits per heavy atom. The third kappa shape index (κ3) is 8.58. The highest BCUT2D eigenvalue weighted by Crippen LogP contribution is 2.44. The van der Waals surface area contributed by atoms with Crippen molar-refractivity contribution in [3.05, 3.63) is 59.7 Å². The number of halogens is 1. The van der Waals surface area contributed by atoms with Crippen molar-refractivity contribution in [2.24, 2.45) is 11.8 Å². The summed E-state index contributed by atoms with van der Waals surface area (Å²) in [5.74, 6) is 2.23. The van der Waals surface area contributed by atoms with Gasteiger partial charge >= 0.3 is 0 Å². The van der Waals surface area contributed by atoms with Gasteiger partial charge in [0.25, 0.3) is 0 Å². The lowest BCUT2D eigenvalue weighted by molar-refractivity contribution is -0.0621. The third-order valence-corrected chi connectivity index (χ3v) is 8.38. The first-order valence-electron chi connectivity index (χ1n) is 14.2. The highest BCUT2D eigenvalue weighted by Gasteiger charge is 2.41. The SMILES string of the molecule is COc1cccc([C@]2(O)CCCC[C@H]2CN(C)C)c1.COc1cccc([C@]2(O)CCCC[C@H]2CN(C)C)c1.Cl. The quantitative estimate of drug-likeness (QED) is 0.431. The zero-order chi connectivity index (χ0) is 27.8. The molecular weight excluding hydrogens is 512 g/mol. The number of rotatable bonds is 8. The van der Waals surface area contributed by atoms with Gasteiger partial charge in [0.2, 0.25) is 0 Å². The van der Waals surface area contributed by atoms with Crippen LogP contribution in [0.4, 0.5) is 0 Å². The van der Waals surface area contributed by atoms with Crippen molar-refractivity contribution in [1.82, 2.24) is 9.80 Å². The fourth-order valence-electron chi connectivity index (χ4n) is 6.37. The maximum Gasteiger partial charge on any atom is 0.119 e. The average molecular weight is 563 g/mol. The Bertz CT molecular complexity index is 924. The van der Waals surface area contributed by atoms with Gasteiger partial charge in [-0.25, -0.2) is 0 Å². The van der Waals surface area contributed by atoms with Crippen LogP contribution in [0.2, 0.25) is 0 Å². The zero-order valence-electron chi connectivity index (χ0n) is 24.9. The van der Waals surface area contributed by atoms with Gasteiger partial charge < -0.3 is 29.5 Å². The molecule has 0 saturated heterocycles. The molecule has 0 bridgehead atoms. The number of methoxy groups -OCH3 is 2. The molecule has 2 aliphatic carbocycles. The summed E-state index contributed by atoms with van der Waals surface area (Å²) in [6.07, 6.45) is 8.49. The number of benzene rings is 2. The normalized spacial score (nSPS) is 26.8. The van der Waals surface area contributed by atoms with Crippen LogP contribution in [0.5, 0.6) is 11.5 Å². The Kier molecular flexibility index (Phi) is 13.0. The largest absolute Gasteiger partial charge is 0.497 e. The van der Waals surface area contributed by atoms with E-state index in [2.05, 4.69) is 38.0 Å². The predicted molar refractivity (Wildman–Crippen MR) is 162 cm³/mol. The maximum absolute atomic E-state index is 11.2. The highest BCUT2D eigenvalue weighted by molar-refractivity contribution is 5.85. The van der Waals surface area contributed by atoms with Crippen molar-refractivity contribution in [2.75, 3.05) is 55.5 Å². The molecule has 2 aliphatic rings. The van der Waals surface area contributed by atoms with Gasteiger partial charge in [0.1, 0.15) is 11.5 Å². The van der Waals surface area contributed by atoms with Crippen molar-refractivity contribution in [3.8, 4) is 11.5 Å². The summed E-state index contributed by atoms with van der Waals surface area (Å²) in [5.41, 5.74) is 0.575. The Labute approximate surface area is 242 Å². The van der Waals surface area contributed by atoms with E-state index in [1.807, 2.05) is 48.5 Å². The molecule has 6 nitrogen and oxygen atoms in total. The average Bonchev–Trinajstić information content (AvgIpc) is 2.91. The molecule has 2 aromatic carbocycles. The molecule has 0 spiro atoms. The Morgan fingerprint density at radius 1 is 0.692 bits per heavy atom. The summed E-state index contributed by atoms with van der Waals surface area (Å²) in [6, 6.07) is 15.8. The fourth-order valence-corrected chi connectivity index (χ4v) is 6.37. The van der Waals surface area contributed by atoms with Crippen molar-refractivity contribution >= 4 is 12.4 Å². The van der Waals surface area contributed by atoms with Gasteiger partial charge in [-0.15, -0.1) is 12.4 Å². The fraction of sp³-hybridized carbons (Fsp3) is 0.625. The lowest BCUT2D eigenvalue weighted by Gasteiger charge is -2.41. The summed E-state index contributed by atoms with van der Waals surface area (Å²) in [6.45, 7) is 1.85. The molecule has 39 heavy (non-hydrogen) atoms. The van der Waals surface area contributed by atoms with Crippen LogP contribution in [0.3, 0.4) is 0 Å². The van der Waals surface area contributed by atoms with E-state index in [9.17, 15) is 10.2 Å². The molecule has 2 aromatic rings. The molecule has 0 aliphatic heterocycles. The van der Waals surface area contributed by atoms with Gasteiger partial charge in [-0.05, 0) is 89.3 Å². The van der Waals surface area contributed by atoms with Crippen LogP contribution in [0, 0.1) is 11.8 Å². The van der Waals surface area contributed by atoms with Gasteiger partial charge in [0.15, 0.2) is 0 Å². The zero-order valence-corrected chi connectivity index (χ0v) is 25.7. The summed E-state index contributed by atoms with van der Waals surface area (Å²) in [7, 11) is 11.6. The Hall–Kier alpha value is -1.83. The maximum atomic E-state index is 11.2. The lowest BCUT2D eigenvalue weighted by Crippen LogP contribution is -2.43. The van der Waals surface area contributed by atoms with Crippen molar-refractivity contribution in [3.63, 3.8) is 0 Å². The minimum Gasteiger partial charge on any atom is -0.497 e. The second-order valence-electron chi connectivity index (χ2n) is 11.7. The van der Waals surface area contributed by atoms with Crippen LogP contribution in [0.25, 0.3) is 0 Å². The minimum atomic E-state index is -0.711. The standard InChI is InChI=1S/2C16H25NO2.ClH/c2*1-17(2)12-14-7-4-5-10-16(14,18)13-8-6-9-15(11-13)19-3;/h2*6,8-9,11,14,18H,4-5,7,10,12H2,1-3H3;1H/t2*14-,16+;/m00./s1. The van der Waals surface area contributed by atoms with Crippen molar-refractivity contribution in [1.29, 1.82) is 0 Å². The van der Waals surface area contributed by atoms with E-state index in [4.69, 9.17) is 9.47 Å². The van der Waals surface area contributed by atoms with Gasteiger partial charge in [0, 0.05) is 24.9 Å². The van der Waals surface area contributed by atoms with E-state index in [0.717, 1.165) is 74.2 Å². The number of aliphatic hydroxyl groups is 2. The monoisotopic (exact) mass is 562 g/mol. The molecule has 4 rings (SSSR count). The number of hydrogen-bond acceptors (Lipinski definition) is 6. The molecule has 0 unspecified atom stereocenters. The summed E-state index contributed by atoms with van der Waals surface area (Å²) in [4.78, 5) is 4.34. The molecule has 2 saturated carbocycles. The summed E-state index contributed by atoms with van der Waals surface area (Å²) < 4.78 is 10.6. The molecule has 2 fully saturated rings. The molecule has 4 atom stereocenters. The molecule has 0 radical (unpaired) electrons. The lowest BCUT2D eigenvalue weighted by atomic mass is 9.71.